The van der Waals surface area contributed by atoms with Gasteiger partial charge in [-0.25, -0.2) is 14.1 Å². The number of pyridine rings is 1. The Hall–Kier alpha value is -2.32. The molecule has 0 aliphatic carbocycles. The van der Waals surface area contributed by atoms with Crippen LogP contribution >= 0.6 is 0 Å². The second-order valence-electron chi connectivity index (χ2n) is 6.11. The van der Waals surface area contributed by atoms with Gasteiger partial charge in [-0.05, 0) is 45.4 Å². The molecule has 0 saturated heterocycles. The van der Waals surface area contributed by atoms with Crippen molar-refractivity contribution in [2.75, 3.05) is 6.54 Å². The minimum absolute atomic E-state index is 0.250. The van der Waals surface area contributed by atoms with E-state index in [0.717, 1.165) is 18.3 Å². The van der Waals surface area contributed by atoms with Crippen LogP contribution in [-0.4, -0.2) is 38.4 Å². The number of nitrogens with zero attached hydrogens (tertiary/aromatic N) is 3. The van der Waals surface area contributed by atoms with E-state index in [0.29, 0.717) is 17.9 Å². The van der Waals surface area contributed by atoms with E-state index in [1.807, 2.05) is 19.9 Å². The van der Waals surface area contributed by atoms with E-state index in [2.05, 4.69) is 43.1 Å². The van der Waals surface area contributed by atoms with Gasteiger partial charge in [0.2, 0.25) is 0 Å². The number of nitrogens with two attached hydrogens (primary N) is 1. The number of nitrogens with one attached hydrogen (secondary N) is 1. The first kappa shape index (κ1) is 26.9. The molecule has 4 N–H and O–H groups in total. The molecular weight excluding hydrogens is 349 g/mol. The van der Waals surface area contributed by atoms with Gasteiger partial charge in [0, 0.05) is 18.3 Å². The van der Waals surface area contributed by atoms with Crippen LogP contribution in [0.25, 0.3) is 5.82 Å². The van der Waals surface area contributed by atoms with Crippen molar-refractivity contribution in [3.8, 4) is 5.82 Å². The molecule has 0 aliphatic rings. The first-order valence-electron chi connectivity index (χ1n) is 8.95. The fourth-order valence-corrected chi connectivity index (χ4v) is 1.60. The summed E-state index contributed by atoms with van der Waals surface area (Å²) in [5.74, 6) is 0.195. The van der Waals surface area contributed by atoms with Crippen LogP contribution in [0.4, 0.5) is 4.39 Å². The van der Waals surface area contributed by atoms with Gasteiger partial charge in [-0.3, -0.25) is 4.79 Å². The summed E-state index contributed by atoms with van der Waals surface area (Å²) in [6.07, 6.45) is 5.27. The molecule has 0 saturated carbocycles. The number of halogens is 1. The number of aromatic nitrogens is 3. The summed E-state index contributed by atoms with van der Waals surface area (Å²) in [5.41, 5.74) is 6.65. The summed E-state index contributed by atoms with van der Waals surface area (Å²) < 4.78 is 14.0. The molecule has 8 heteroatoms. The molecule has 0 atom stereocenters. The van der Waals surface area contributed by atoms with E-state index < -0.39 is 0 Å². The molecule has 2 aromatic rings. The van der Waals surface area contributed by atoms with Crippen LogP contribution in [0.3, 0.4) is 0 Å². The van der Waals surface area contributed by atoms with Crippen LogP contribution in [-0.2, 0) is 11.3 Å². The molecule has 27 heavy (non-hydrogen) atoms. The first-order valence-corrected chi connectivity index (χ1v) is 8.95. The third-order valence-electron chi connectivity index (χ3n) is 2.74. The monoisotopic (exact) mass is 383 g/mol. The molecule has 0 aliphatic heterocycles. The van der Waals surface area contributed by atoms with Crippen LogP contribution in [0.2, 0.25) is 0 Å². The van der Waals surface area contributed by atoms with Crippen molar-refractivity contribution in [3.05, 3.63) is 42.1 Å². The topological polar surface area (TPSA) is 106 Å². The van der Waals surface area contributed by atoms with Crippen molar-refractivity contribution in [1.82, 2.24) is 20.1 Å². The lowest BCUT2D eigenvalue weighted by Crippen LogP contribution is -2.36. The molecule has 0 fully saturated rings. The maximum Gasteiger partial charge on any atom is 0.290 e. The van der Waals surface area contributed by atoms with Crippen LogP contribution in [0, 0.1) is 5.82 Å². The van der Waals surface area contributed by atoms with Crippen molar-refractivity contribution in [2.24, 2.45) is 5.73 Å². The standard InChI is InChI=1S/C9H9FN4.C7H17N.C2H6.CH2O2/c10-8-5-13-14(6-8)9-2-1-7(3-11)4-12-9;1-5-6-8-7(2,3)4;1-2;2-1-3/h1-2,4-6H,3,11H2;8H,5-6H2,1-4H3;1-2H3;1H,(H,2,3). The lowest BCUT2D eigenvalue weighted by atomic mass is 10.1. The van der Waals surface area contributed by atoms with E-state index in [-0.39, 0.29) is 12.3 Å². The molecule has 7 nitrogen and oxygen atoms in total. The van der Waals surface area contributed by atoms with Gasteiger partial charge in [0.1, 0.15) is 0 Å². The summed E-state index contributed by atoms with van der Waals surface area (Å²) in [7, 11) is 0. The lowest BCUT2D eigenvalue weighted by Gasteiger charge is -2.19. The maximum absolute atomic E-state index is 12.6. The van der Waals surface area contributed by atoms with Crippen molar-refractivity contribution in [2.45, 2.75) is 60.0 Å². The zero-order valence-corrected chi connectivity index (χ0v) is 17.2. The normalized spacial score (nSPS) is 9.63. The Labute approximate surface area is 161 Å². The highest BCUT2D eigenvalue weighted by molar-refractivity contribution is 5.32. The molecular formula is C19H34FN5O2. The molecule has 2 rings (SSSR count). The third kappa shape index (κ3) is 14.5. The zero-order chi connectivity index (χ0) is 21.3. The predicted molar refractivity (Wildman–Crippen MR) is 107 cm³/mol. The molecule has 154 valence electrons. The average Bonchev–Trinajstić information content (AvgIpc) is 3.09. The number of rotatable bonds is 4. The van der Waals surface area contributed by atoms with Crippen molar-refractivity contribution < 1.29 is 14.3 Å². The zero-order valence-electron chi connectivity index (χ0n) is 17.2. The minimum atomic E-state index is -0.380. The Kier molecular flexibility index (Phi) is 15.8. The molecule has 0 unspecified atom stereocenters. The van der Waals surface area contributed by atoms with Gasteiger partial charge in [0.25, 0.3) is 6.47 Å². The highest BCUT2D eigenvalue weighted by atomic mass is 19.1. The predicted octanol–water partition coefficient (Wildman–Crippen LogP) is 3.38. The van der Waals surface area contributed by atoms with E-state index in [1.165, 1.54) is 17.3 Å². The van der Waals surface area contributed by atoms with Gasteiger partial charge in [-0.1, -0.05) is 26.8 Å². The Morgan fingerprint density at radius 2 is 1.89 bits per heavy atom. The summed E-state index contributed by atoms with van der Waals surface area (Å²) in [6, 6.07) is 3.58. The number of carbonyl (C=O) groups is 1. The van der Waals surface area contributed by atoms with Crippen LogP contribution < -0.4 is 11.1 Å². The maximum atomic E-state index is 12.6. The van der Waals surface area contributed by atoms with Crippen molar-refractivity contribution >= 4 is 6.47 Å². The quantitative estimate of drug-likeness (QED) is 0.699. The Balaban J connectivity index is 0. The van der Waals surface area contributed by atoms with Crippen LogP contribution in [0.1, 0.15) is 53.5 Å². The Morgan fingerprint density at radius 3 is 2.19 bits per heavy atom. The summed E-state index contributed by atoms with van der Waals surface area (Å²) in [4.78, 5) is 12.4. The smallest absolute Gasteiger partial charge is 0.290 e. The second kappa shape index (κ2) is 15.9. The van der Waals surface area contributed by atoms with E-state index >= 15 is 0 Å². The van der Waals surface area contributed by atoms with Crippen molar-refractivity contribution in [1.29, 1.82) is 0 Å². The number of carboxylic acid groups (broad SMARTS) is 1. The van der Waals surface area contributed by atoms with Gasteiger partial charge in [0.15, 0.2) is 11.6 Å². The van der Waals surface area contributed by atoms with Crippen molar-refractivity contribution in [3.63, 3.8) is 0 Å². The number of hydrogen-bond acceptors (Lipinski definition) is 5. The molecule has 2 aromatic heterocycles. The summed E-state index contributed by atoms with van der Waals surface area (Å²) >= 11 is 0. The third-order valence-corrected chi connectivity index (χ3v) is 2.74. The minimum Gasteiger partial charge on any atom is -0.483 e. The first-order chi connectivity index (χ1) is 12.8. The average molecular weight is 384 g/mol. The summed E-state index contributed by atoms with van der Waals surface area (Å²) in [6.45, 7) is 14.1. The van der Waals surface area contributed by atoms with E-state index in [1.54, 1.807) is 12.3 Å². The highest BCUT2D eigenvalue weighted by Crippen LogP contribution is 2.05. The highest BCUT2D eigenvalue weighted by Gasteiger charge is 2.05. The fraction of sp³-hybridized carbons (Fsp3) is 0.526. The Morgan fingerprint density at radius 1 is 1.30 bits per heavy atom. The molecule has 2 heterocycles. The van der Waals surface area contributed by atoms with Gasteiger partial charge < -0.3 is 16.2 Å². The largest absolute Gasteiger partial charge is 0.483 e. The number of hydrogen-bond donors (Lipinski definition) is 3. The molecule has 0 radical (unpaired) electrons. The van der Waals surface area contributed by atoms with E-state index in [9.17, 15) is 4.39 Å². The van der Waals surface area contributed by atoms with Gasteiger partial charge in [-0.2, -0.15) is 5.10 Å². The molecule has 0 amide bonds. The SMILES string of the molecule is CC.CCCNC(C)(C)C.NCc1ccc(-n2cc(F)cn2)nc1.O=CO. The van der Waals surface area contributed by atoms with Gasteiger partial charge in [-0.15, -0.1) is 0 Å². The van der Waals surface area contributed by atoms with Crippen LogP contribution in [0.5, 0.6) is 0 Å². The van der Waals surface area contributed by atoms with Gasteiger partial charge in [0.05, 0.1) is 12.4 Å². The second-order valence-corrected chi connectivity index (χ2v) is 6.11. The fourth-order valence-electron chi connectivity index (χ4n) is 1.60. The molecule has 0 bridgehead atoms. The lowest BCUT2D eigenvalue weighted by molar-refractivity contribution is -0.122. The van der Waals surface area contributed by atoms with E-state index in [4.69, 9.17) is 15.6 Å². The van der Waals surface area contributed by atoms with Crippen LogP contribution in [0.15, 0.2) is 30.7 Å². The van der Waals surface area contributed by atoms with Gasteiger partial charge >= 0.3 is 0 Å². The summed E-state index contributed by atoms with van der Waals surface area (Å²) in [5, 5.41) is 14.0. The Bertz CT molecular complexity index is 595. The molecule has 0 spiro atoms. The molecule has 0 aromatic carbocycles.